The molecule has 21 heavy (non-hydrogen) atoms. The number of nitrogens with zero attached hydrogens (tertiary/aromatic N) is 3. The molecule has 1 aromatic carbocycles. The Hall–Kier alpha value is -2.37. The van der Waals surface area contributed by atoms with Gasteiger partial charge in [-0.25, -0.2) is 0 Å². The third-order valence-electron chi connectivity index (χ3n) is 3.71. The van der Waals surface area contributed by atoms with Crippen LogP contribution in [0.25, 0.3) is 0 Å². The lowest BCUT2D eigenvalue weighted by molar-refractivity contribution is -0.123. The number of hydrogen-bond donors (Lipinski definition) is 1. The number of rotatable bonds is 2. The molecule has 2 aliphatic heterocycles. The SMILES string of the molecule is CC1=NN(c2ccc(C(=O)N3CCNC(=O)C3)cc2)CC1. The molecule has 0 aromatic heterocycles. The van der Waals surface area contributed by atoms with Crippen LogP contribution in [0.3, 0.4) is 0 Å². The number of anilines is 1. The molecular weight excluding hydrogens is 268 g/mol. The van der Waals surface area contributed by atoms with Gasteiger partial charge in [0.2, 0.25) is 5.91 Å². The number of nitrogens with one attached hydrogen (secondary N) is 1. The van der Waals surface area contributed by atoms with Crippen molar-refractivity contribution in [2.24, 2.45) is 5.10 Å². The van der Waals surface area contributed by atoms with Gasteiger partial charge in [-0.1, -0.05) is 0 Å². The normalized spacial score (nSPS) is 18.5. The Morgan fingerprint density at radius 1 is 1.24 bits per heavy atom. The molecule has 2 heterocycles. The van der Waals surface area contributed by atoms with Crippen molar-refractivity contribution < 1.29 is 9.59 Å². The van der Waals surface area contributed by atoms with Crippen LogP contribution in [0, 0.1) is 0 Å². The van der Waals surface area contributed by atoms with Gasteiger partial charge in [-0.3, -0.25) is 14.6 Å². The maximum Gasteiger partial charge on any atom is 0.254 e. The summed E-state index contributed by atoms with van der Waals surface area (Å²) in [6, 6.07) is 7.40. The van der Waals surface area contributed by atoms with Crippen LogP contribution < -0.4 is 10.3 Å². The van der Waals surface area contributed by atoms with Crippen molar-refractivity contribution in [2.45, 2.75) is 13.3 Å². The second-order valence-electron chi connectivity index (χ2n) is 5.33. The van der Waals surface area contributed by atoms with E-state index in [0.29, 0.717) is 18.7 Å². The van der Waals surface area contributed by atoms with E-state index < -0.39 is 0 Å². The molecule has 0 unspecified atom stereocenters. The van der Waals surface area contributed by atoms with Gasteiger partial charge < -0.3 is 10.2 Å². The third-order valence-corrected chi connectivity index (χ3v) is 3.71. The molecule has 0 atom stereocenters. The summed E-state index contributed by atoms with van der Waals surface area (Å²) in [6.45, 7) is 4.10. The van der Waals surface area contributed by atoms with Crippen LogP contribution in [-0.4, -0.2) is 48.6 Å². The van der Waals surface area contributed by atoms with Crippen molar-refractivity contribution in [3.63, 3.8) is 0 Å². The topological polar surface area (TPSA) is 65.0 Å². The first-order chi connectivity index (χ1) is 10.1. The van der Waals surface area contributed by atoms with Gasteiger partial charge >= 0.3 is 0 Å². The zero-order valence-corrected chi connectivity index (χ0v) is 12.0. The lowest BCUT2D eigenvalue weighted by atomic mass is 10.1. The molecule has 2 aliphatic rings. The van der Waals surface area contributed by atoms with Crippen LogP contribution in [-0.2, 0) is 4.79 Å². The molecule has 1 aromatic rings. The van der Waals surface area contributed by atoms with Gasteiger partial charge in [0.15, 0.2) is 0 Å². The second-order valence-corrected chi connectivity index (χ2v) is 5.33. The van der Waals surface area contributed by atoms with Gasteiger partial charge in [-0.05, 0) is 31.2 Å². The average molecular weight is 286 g/mol. The van der Waals surface area contributed by atoms with E-state index in [1.54, 1.807) is 17.0 Å². The van der Waals surface area contributed by atoms with E-state index in [4.69, 9.17) is 0 Å². The quantitative estimate of drug-likeness (QED) is 0.876. The number of hydrazone groups is 1. The predicted molar refractivity (Wildman–Crippen MR) is 80.4 cm³/mol. The van der Waals surface area contributed by atoms with Crippen LogP contribution in [0.5, 0.6) is 0 Å². The maximum absolute atomic E-state index is 12.3. The predicted octanol–water partition coefficient (Wildman–Crippen LogP) is 0.845. The summed E-state index contributed by atoms with van der Waals surface area (Å²) in [5.41, 5.74) is 2.71. The van der Waals surface area contributed by atoms with E-state index in [9.17, 15) is 9.59 Å². The molecule has 2 amide bonds. The summed E-state index contributed by atoms with van der Waals surface area (Å²) in [6.07, 6.45) is 0.976. The first-order valence-electron chi connectivity index (χ1n) is 7.11. The van der Waals surface area contributed by atoms with Crippen molar-refractivity contribution >= 4 is 23.2 Å². The highest BCUT2D eigenvalue weighted by molar-refractivity contribution is 5.97. The Kier molecular flexibility index (Phi) is 3.60. The average Bonchev–Trinajstić information content (AvgIpc) is 2.93. The van der Waals surface area contributed by atoms with E-state index in [2.05, 4.69) is 10.4 Å². The molecular formula is C15H18N4O2. The second kappa shape index (κ2) is 5.55. The van der Waals surface area contributed by atoms with Crippen LogP contribution >= 0.6 is 0 Å². The number of benzene rings is 1. The first kappa shape index (κ1) is 13.6. The largest absolute Gasteiger partial charge is 0.353 e. The van der Waals surface area contributed by atoms with Crippen molar-refractivity contribution in [1.29, 1.82) is 0 Å². The van der Waals surface area contributed by atoms with Crippen LogP contribution in [0.4, 0.5) is 5.69 Å². The standard InChI is InChI=1S/C15H18N4O2/c1-11-6-8-19(17-11)13-4-2-12(3-5-13)15(21)18-9-7-16-14(20)10-18/h2-5H,6-10H2,1H3,(H,16,20). The molecule has 0 saturated carbocycles. The Morgan fingerprint density at radius 3 is 2.62 bits per heavy atom. The monoisotopic (exact) mass is 286 g/mol. The minimum atomic E-state index is -0.104. The van der Waals surface area contributed by atoms with Crippen molar-refractivity contribution in [3.05, 3.63) is 29.8 Å². The number of carbonyl (C=O) groups excluding carboxylic acids is 2. The van der Waals surface area contributed by atoms with Gasteiger partial charge in [0.25, 0.3) is 5.91 Å². The lowest BCUT2D eigenvalue weighted by Crippen LogP contribution is -2.49. The van der Waals surface area contributed by atoms with E-state index in [-0.39, 0.29) is 18.4 Å². The van der Waals surface area contributed by atoms with Crippen LogP contribution in [0.15, 0.2) is 29.4 Å². The lowest BCUT2D eigenvalue weighted by Gasteiger charge is -2.26. The molecule has 6 nitrogen and oxygen atoms in total. The molecule has 0 aliphatic carbocycles. The van der Waals surface area contributed by atoms with E-state index in [1.165, 1.54) is 0 Å². The fourth-order valence-electron chi connectivity index (χ4n) is 2.53. The summed E-state index contributed by atoms with van der Waals surface area (Å²) in [5, 5.41) is 9.09. The summed E-state index contributed by atoms with van der Waals surface area (Å²) < 4.78 is 0. The summed E-state index contributed by atoms with van der Waals surface area (Å²) in [5.74, 6) is -0.203. The van der Waals surface area contributed by atoms with Gasteiger partial charge in [0.05, 0.1) is 12.2 Å². The highest BCUT2D eigenvalue weighted by atomic mass is 16.2. The van der Waals surface area contributed by atoms with Gasteiger partial charge in [0.1, 0.15) is 0 Å². The molecule has 1 saturated heterocycles. The van der Waals surface area contributed by atoms with Crippen LogP contribution in [0.2, 0.25) is 0 Å². The summed E-state index contributed by atoms with van der Waals surface area (Å²) >= 11 is 0. The first-order valence-corrected chi connectivity index (χ1v) is 7.11. The Labute approximate surface area is 123 Å². The minimum Gasteiger partial charge on any atom is -0.353 e. The summed E-state index contributed by atoms with van der Waals surface area (Å²) in [4.78, 5) is 25.3. The Morgan fingerprint density at radius 2 is 2.00 bits per heavy atom. The molecule has 1 N–H and O–H groups in total. The third kappa shape index (κ3) is 2.89. The molecule has 0 bridgehead atoms. The zero-order valence-electron chi connectivity index (χ0n) is 12.0. The molecule has 0 spiro atoms. The van der Waals surface area contributed by atoms with Gasteiger partial charge in [-0.15, -0.1) is 0 Å². The van der Waals surface area contributed by atoms with Gasteiger partial charge in [-0.2, -0.15) is 5.10 Å². The molecule has 6 heteroatoms. The number of carbonyl (C=O) groups is 2. The molecule has 3 rings (SSSR count). The van der Waals surface area contributed by atoms with E-state index in [1.807, 2.05) is 24.1 Å². The zero-order chi connectivity index (χ0) is 14.8. The molecule has 0 radical (unpaired) electrons. The molecule has 1 fully saturated rings. The minimum absolute atomic E-state index is 0.0995. The highest BCUT2D eigenvalue weighted by Gasteiger charge is 2.22. The fraction of sp³-hybridized carbons (Fsp3) is 0.400. The van der Waals surface area contributed by atoms with Crippen LogP contribution in [0.1, 0.15) is 23.7 Å². The molecule has 110 valence electrons. The Bertz CT molecular complexity index is 594. The van der Waals surface area contributed by atoms with E-state index in [0.717, 1.165) is 24.4 Å². The van der Waals surface area contributed by atoms with Crippen molar-refractivity contribution in [2.75, 3.05) is 31.2 Å². The number of amides is 2. The highest BCUT2D eigenvalue weighted by Crippen LogP contribution is 2.20. The number of hydrogen-bond acceptors (Lipinski definition) is 4. The van der Waals surface area contributed by atoms with E-state index >= 15 is 0 Å². The van der Waals surface area contributed by atoms with Crippen molar-refractivity contribution in [3.8, 4) is 0 Å². The maximum atomic E-state index is 12.3. The smallest absolute Gasteiger partial charge is 0.254 e. The summed E-state index contributed by atoms with van der Waals surface area (Å²) in [7, 11) is 0. The van der Waals surface area contributed by atoms with Gasteiger partial charge in [0, 0.05) is 37.3 Å². The van der Waals surface area contributed by atoms with Crippen molar-refractivity contribution in [1.82, 2.24) is 10.2 Å². The number of piperazine rings is 1. The Balaban J connectivity index is 1.71. The fourth-order valence-corrected chi connectivity index (χ4v) is 2.53.